The van der Waals surface area contributed by atoms with Gasteiger partial charge in [-0.2, -0.15) is 0 Å². The fraction of sp³-hybridized carbons (Fsp3) is 0.545. The first kappa shape index (κ1) is 11.1. The van der Waals surface area contributed by atoms with Crippen LogP contribution >= 0.6 is 22.9 Å². The SMILES string of the molecule is NC1CCCC(C(=O)c2ccc(Cl)s2)C1. The maximum Gasteiger partial charge on any atom is 0.175 e. The van der Waals surface area contributed by atoms with Gasteiger partial charge in [0.25, 0.3) is 0 Å². The average Bonchev–Trinajstić information content (AvgIpc) is 2.64. The van der Waals surface area contributed by atoms with Gasteiger partial charge in [-0.15, -0.1) is 11.3 Å². The Hall–Kier alpha value is -0.380. The molecule has 1 saturated carbocycles. The number of hydrogen-bond donors (Lipinski definition) is 1. The molecule has 0 aliphatic heterocycles. The summed E-state index contributed by atoms with van der Waals surface area (Å²) in [5.41, 5.74) is 5.87. The van der Waals surface area contributed by atoms with E-state index in [9.17, 15) is 4.79 Å². The van der Waals surface area contributed by atoms with Crippen molar-refractivity contribution in [2.45, 2.75) is 31.7 Å². The Morgan fingerprint density at radius 1 is 1.47 bits per heavy atom. The van der Waals surface area contributed by atoms with E-state index in [1.54, 1.807) is 6.07 Å². The molecule has 0 spiro atoms. The molecule has 1 aliphatic carbocycles. The summed E-state index contributed by atoms with van der Waals surface area (Å²) in [6.45, 7) is 0. The van der Waals surface area contributed by atoms with Crippen molar-refractivity contribution in [1.29, 1.82) is 0 Å². The van der Waals surface area contributed by atoms with E-state index < -0.39 is 0 Å². The number of halogens is 1. The molecule has 0 amide bonds. The van der Waals surface area contributed by atoms with Crippen LogP contribution in [0.4, 0.5) is 0 Å². The van der Waals surface area contributed by atoms with Crippen molar-refractivity contribution in [2.75, 3.05) is 0 Å². The summed E-state index contributed by atoms with van der Waals surface area (Å²) in [7, 11) is 0. The zero-order valence-corrected chi connectivity index (χ0v) is 9.98. The summed E-state index contributed by atoms with van der Waals surface area (Å²) < 4.78 is 0.679. The van der Waals surface area contributed by atoms with Crippen LogP contribution < -0.4 is 5.73 Å². The number of carbonyl (C=O) groups is 1. The highest BCUT2D eigenvalue weighted by Gasteiger charge is 2.26. The quantitative estimate of drug-likeness (QED) is 0.812. The van der Waals surface area contributed by atoms with Crippen LogP contribution in [0.15, 0.2) is 12.1 Å². The Bertz CT molecular complexity index is 363. The molecule has 0 radical (unpaired) electrons. The van der Waals surface area contributed by atoms with Crippen LogP contribution in [0.3, 0.4) is 0 Å². The first-order valence-corrected chi connectivity index (χ1v) is 6.41. The lowest BCUT2D eigenvalue weighted by Gasteiger charge is -2.24. The normalized spacial score (nSPS) is 26.5. The van der Waals surface area contributed by atoms with Crippen molar-refractivity contribution >= 4 is 28.7 Å². The van der Waals surface area contributed by atoms with Crippen LogP contribution in [0.1, 0.15) is 35.4 Å². The van der Waals surface area contributed by atoms with Crippen LogP contribution in [0.2, 0.25) is 4.34 Å². The van der Waals surface area contributed by atoms with Crippen molar-refractivity contribution in [3.8, 4) is 0 Å². The van der Waals surface area contributed by atoms with Gasteiger partial charge in [-0.05, 0) is 31.4 Å². The Morgan fingerprint density at radius 3 is 2.87 bits per heavy atom. The van der Waals surface area contributed by atoms with Gasteiger partial charge in [-0.25, -0.2) is 0 Å². The smallest absolute Gasteiger partial charge is 0.175 e. The van der Waals surface area contributed by atoms with Gasteiger partial charge in [0.2, 0.25) is 0 Å². The molecule has 0 bridgehead atoms. The van der Waals surface area contributed by atoms with E-state index in [1.165, 1.54) is 11.3 Å². The summed E-state index contributed by atoms with van der Waals surface area (Å²) in [5.74, 6) is 0.338. The van der Waals surface area contributed by atoms with Gasteiger partial charge in [0.05, 0.1) is 9.21 Å². The Kier molecular flexibility index (Phi) is 3.44. The summed E-state index contributed by atoms with van der Waals surface area (Å²) in [5, 5.41) is 0. The molecule has 15 heavy (non-hydrogen) atoms. The second-order valence-electron chi connectivity index (χ2n) is 4.09. The third kappa shape index (κ3) is 2.60. The van der Waals surface area contributed by atoms with Crippen molar-refractivity contribution in [1.82, 2.24) is 0 Å². The van der Waals surface area contributed by atoms with E-state index in [0.717, 1.165) is 30.6 Å². The maximum absolute atomic E-state index is 12.1. The summed E-state index contributed by atoms with van der Waals surface area (Å²) in [6.07, 6.45) is 3.92. The van der Waals surface area contributed by atoms with Gasteiger partial charge in [0, 0.05) is 12.0 Å². The minimum absolute atomic E-state index is 0.114. The third-order valence-electron chi connectivity index (χ3n) is 2.90. The van der Waals surface area contributed by atoms with Crippen LogP contribution in [0.5, 0.6) is 0 Å². The highest BCUT2D eigenvalue weighted by molar-refractivity contribution is 7.18. The number of Topliss-reactive ketones (excluding diaryl/α,β-unsaturated/α-hetero) is 1. The second kappa shape index (κ2) is 4.64. The molecule has 1 aliphatic rings. The number of rotatable bonds is 2. The Morgan fingerprint density at radius 2 is 2.27 bits per heavy atom. The lowest BCUT2D eigenvalue weighted by molar-refractivity contribution is 0.0886. The molecule has 2 atom stereocenters. The molecule has 1 aromatic heterocycles. The summed E-state index contributed by atoms with van der Waals surface area (Å²) >= 11 is 7.18. The molecule has 1 aromatic rings. The minimum atomic E-state index is 0.114. The lowest BCUT2D eigenvalue weighted by Crippen LogP contribution is -2.31. The van der Waals surface area contributed by atoms with Crippen molar-refractivity contribution in [3.05, 3.63) is 21.3 Å². The summed E-state index contributed by atoms with van der Waals surface area (Å²) in [6, 6.07) is 3.79. The van der Waals surface area contributed by atoms with Crippen molar-refractivity contribution < 1.29 is 4.79 Å². The summed E-state index contributed by atoms with van der Waals surface area (Å²) in [4.78, 5) is 12.8. The molecule has 2 unspecified atom stereocenters. The van der Waals surface area contributed by atoms with Crippen LogP contribution in [-0.4, -0.2) is 11.8 Å². The average molecular weight is 244 g/mol. The molecule has 1 fully saturated rings. The van der Waals surface area contributed by atoms with E-state index in [-0.39, 0.29) is 17.7 Å². The van der Waals surface area contributed by atoms with Crippen LogP contribution in [-0.2, 0) is 0 Å². The monoisotopic (exact) mass is 243 g/mol. The largest absolute Gasteiger partial charge is 0.328 e. The zero-order valence-electron chi connectivity index (χ0n) is 8.41. The first-order valence-electron chi connectivity index (χ1n) is 5.22. The van der Waals surface area contributed by atoms with Gasteiger partial charge in [0.15, 0.2) is 5.78 Å². The van der Waals surface area contributed by atoms with E-state index in [4.69, 9.17) is 17.3 Å². The maximum atomic E-state index is 12.1. The zero-order chi connectivity index (χ0) is 10.8. The Labute approximate surface area is 98.4 Å². The predicted molar refractivity (Wildman–Crippen MR) is 63.6 cm³/mol. The molecule has 1 heterocycles. The molecular formula is C11H14ClNOS. The Balaban J connectivity index is 2.07. The van der Waals surface area contributed by atoms with Gasteiger partial charge in [-0.3, -0.25) is 4.79 Å². The number of hydrogen-bond acceptors (Lipinski definition) is 3. The number of ketones is 1. The number of thiophene rings is 1. The third-order valence-corrected chi connectivity index (χ3v) is 4.15. The number of nitrogens with two attached hydrogens (primary N) is 1. The van der Waals surface area contributed by atoms with Crippen molar-refractivity contribution in [2.24, 2.45) is 11.7 Å². The first-order chi connectivity index (χ1) is 7.16. The van der Waals surface area contributed by atoms with Gasteiger partial charge in [0.1, 0.15) is 0 Å². The second-order valence-corrected chi connectivity index (χ2v) is 5.81. The molecule has 0 saturated heterocycles. The molecule has 82 valence electrons. The molecule has 2 rings (SSSR count). The van der Waals surface area contributed by atoms with Crippen LogP contribution in [0, 0.1) is 5.92 Å². The fourth-order valence-electron chi connectivity index (χ4n) is 2.11. The van der Waals surface area contributed by atoms with Crippen LogP contribution in [0.25, 0.3) is 0 Å². The van der Waals surface area contributed by atoms with Gasteiger partial charge < -0.3 is 5.73 Å². The van der Waals surface area contributed by atoms with Gasteiger partial charge in [-0.1, -0.05) is 18.0 Å². The molecule has 0 aromatic carbocycles. The van der Waals surface area contributed by atoms with E-state index in [1.807, 2.05) is 6.07 Å². The van der Waals surface area contributed by atoms with Gasteiger partial charge >= 0.3 is 0 Å². The number of carbonyl (C=O) groups excluding carboxylic acids is 1. The lowest BCUT2D eigenvalue weighted by atomic mass is 9.83. The minimum Gasteiger partial charge on any atom is -0.328 e. The van der Waals surface area contributed by atoms with E-state index in [0.29, 0.717) is 4.34 Å². The molecular weight excluding hydrogens is 230 g/mol. The van der Waals surface area contributed by atoms with E-state index in [2.05, 4.69) is 0 Å². The molecule has 4 heteroatoms. The fourth-order valence-corrected chi connectivity index (χ4v) is 3.18. The molecule has 2 nitrogen and oxygen atoms in total. The molecule has 2 N–H and O–H groups in total. The highest BCUT2D eigenvalue weighted by Crippen LogP contribution is 2.30. The standard InChI is InChI=1S/C11H14ClNOS/c12-10-5-4-9(15-10)11(14)7-2-1-3-8(13)6-7/h4-5,7-8H,1-3,6,13H2. The van der Waals surface area contributed by atoms with E-state index >= 15 is 0 Å². The van der Waals surface area contributed by atoms with Crippen molar-refractivity contribution in [3.63, 3.8) is 0 Å². The topological polar surface area (TPSA) is 43.1 Å². The predicted octanol–water partition coefficient (Wildman–Crippen LogP) is 3.10. The highest BCUT2D eigenvalue weighted by atomic mass is 35.5.